The van der Waals surface area contributed by atoms with E-state index in [4.69, 9.17) is 0 Å². The van der Waals surface area contributed by atoms with Crippen LogP contribution in [0.25, 0.3) is 0 Å². The Kier molecular flexibility index (Phi) is 4.39. The third-order valence-corrected chi connectivity index (χ3v) is 3.41. The number of aryl methyl sites for hydroxylation is 2. The summed E-state index contributed by atoms with van der Waals surface area (Å²) < 4.78 is 0.696. The van der Waals surface area contributed by atoms with Crippen molar-refractivity contribution in [2.45, 2.75) is 20.4 Å². The van der Waals surface area contributed by atoms with E-state index in [1.165, 1.54) is 17.2 Å². The fraction of sp³-hybridized carbons (Fsp3) is 0.200. The molecule has 2 rings (SSSR count). The van der Waals surface area contributed by atoms with Crippen LogP contribution < -0.4 is 5.32 Å². The van der Waals surface area contributed by atoms with Crippen LogP contribution in [-0.4, -0.2) is 4.92 Å². The largest absolute Gasteiger partial charge is 0.375 e. The van der Waals surface area contributed by atoms with E-state index in [9.17, 15) is 10.1 Å². The molecule has 0 radical (unpaired) electrons. The van der Waals surface area contributed by atoms with E-state index < -0.39 is 0 Å². The first kappa shape index (κ1) is 14.5. The lowest BCUT2D eigenvalue weighted by molar-refractivity contribution is -0.384. The highest BCUT2D eigenvalue weighted by Gasteiger charge is 2.13. The molecule has 0 unspecified atom stereocenters. The number of hydrogen-bond donors (Lipinski definition) is 1. The van der Waals surface area contributed by atoms with Gasteiger partial charge in [0.15, 0.2) is 0 Å². The summed E-state index contributed by atoms with van der Waals surface area (Å²) in [6.07, 6.45) is 0. The maximum absolute atomic E-state index is 11.0. The fourth-order valence-electron chi connectivity index (χ4n) is 2.17. The Morgan fingerprint density at radius 1 is 1.15 bits per heavy atom. The second-order valence-corrected chi connectivity index (χ2v) is 5.68. The van der Waals surface area contributed by atoms with Crippen molar-refractivity contribution in [3.63, 3.8) is 0 Å². The summed E-state index contributed by atoms with van der Waals surface area (Å²) in [5.41, 5.74) is 4.08. The first-order chi connectivity index (χ1) is 9.45. The van der Waals surface area contributed by atoms with Crippen LogP contribution >= 0.6 is 15.9 Å². The Bertz CT molecular complexity index is 636. The third-order valence-electron chi connectivity index (χ3n) is 2.92. The molecule has 1 N–H and O–H groups in total. The number of nitrogens with zero attached hydrogens (tertiary/aromatic N) is 1. The molecule has 0 atom stereocenters. The van der Waals surface area contributed by atoms with Crippen LogP contribution in [0.1, 0.15) is 16.7 Å². The summed E-state index contributed by atoms with van der Waals surface area (Å²) >= 11 is 3.25. The van der Waals surface area contributed by atoms with Gasteiger partial charge in [-0.3, -0.25) is 10.1 Å². The highest BCUT2D eigenvalue weighted by atomic mass is 79.9. The highest BCUT2D eigenvalue weighted by Crippen LogP contribution is 2.28. The maximum atomic E-state index is 11.0. The van der Waals surface area contributed by atoms with Crippen molar-refractivity contribution < 1.29 is 4.92 Å². The average molecular weight is 335 g/mol. The second-order valence-electron chi connectivity index (χ2n) is 4.77. The van der Waals surface area contributed by atoms with Gasteiger partial charge in [-0.15, -0.1) is 0 Å². The summed E-state index contributed by atoms with van der Waals surface area (Å²) in [7, 11) is 0. The molecule has 0 spiro atoms. The second kappa shape index (κ2) is 6.05. The van der Waals surface area contributed by atoms with Crippen LogP contribution in [0.2, 0.25) is 0 Å². The zero-order valence-corrected chi connectivity index (χ0v) is 12.9. The molecule has 0 saturated carbocycles. The molecular weight excluding hydrogens is 320 g/mol. The van der Waals surface area contributed by atoms with Gasteiger partial charge in [0, 0.05) is 17.1 Å². The molecular formula is C15H15BrN2O2. The van der Waals surface area contributed by atoms with Gasteiger partial charge in [0.1, 0.15) is 5.69 Å². The molecule has 104 valence electrons. The van der Waals surface area contributed by atoms with E-state index in [1.807, 2.05) is 13.8 Å². The van der Waals surface area contributed by atoms with E-state index in [2.05, 4.69) is 39.4 Å². The van der Waals surface area contributed by atoms with Crippen molar-refractivity contribution in [2.24, 2.45) is 0 Å². The van der Waals surface area contributed by atoms with E-state index >= 15 is 0 Å². The number of halogens is 1. The third kappa shape index (κ3) is 3.57. The van der Waals surface area contributed by atoms with Gasteiger partial charge in [-0.1, -0.05) is 45.3 Å². The van der Waals surface area contributed by atoms with E-state index in [0.29, 0.717) is 16.7 Å². The van der Waals surface area contributed by atoms with Gasteiger partial charge in [-0.05, 0) is 31.5 Å². The van der Waals surface area contributed by atoms with E-state index in [-0.39, 0.29) is 10.6 Å². The summed E-state index contributed by atoms with van der Waals surface area (Å²) in [6.45, 7) is 4.64. The van der Waals surface area contributed by atoms with Crippen molar-refractivity contribution in [1.29, 1.82) is 0 Å². The van der Waals surface area contributed by atoms with E-state index in [0.717, 1.165) is 5.56 Å². The average Bonchev–Trinajstić information content (AvgIpc) is 2.36. The molecule has 0 heterocycles. The fourth-order valence-corrected chi connectivity index (χ4v) is 2.52. The molecule has 0 aliphatic heterocycles. The van der Waals surface area contributed by atoms with Gasteiger partial charge in [-0.25, -0.2) is 0 Å². The SMILES string of the molecule is Cc1cc(C)cc(CNc2ccc(Br)cc2[N+](=O)[O-])c1. The van der Waals surface area contributed by atoms with Crippen LogP contribution in [0.4, 0.5) is 11.4 Å². The quantitative estimate of drug-likeness (QED) is 0.657. The van der Waals surface area contributed by atoms with Gasteiger partial charge >= 0.3 is 0 Å². The molecule has 2 aromatic carbocycles. The van der Waals surface area contributed by atoms with Gasteiger partial charge in [0.25, 0.3) is 5.69 Å². The Morgan fingerprint density at radius 2 is 1.80 bits per heavy atom. The van der Waals surface area contributed by atoms with Gasteiger partial charge in [-0.2, -0.15) is 0 Å². The summed E-state index contributed by atoms with van der Waals surface area (Å²) in [4.78, 5) is 10.7. The zero-order chi connectivity index (χ0) is 14.7. The molecule has 4 nitrogen and oxygen atoms in total. The van der Waals surface area contributed by atoms with Crippen molar-refractivity contribution in [3.8, 4) is 0 Å². The molecule has 0 aliphatic rings. The van der Waals surface area contributed by atoms with Crippen LogP contribution in [0.15, 0.2) is 40.9 Å². The minimum absolute atomic E-state index is 0.0729. The summed E-state index contributed by atoms with van der Waals surface area (Å²) in [6, 6.07) is 11.3. The summed E-state index contributed by atoms with van der Waals surface area (Å²) in [5, 5.41) is 14.2. The number of benzene rings is 2. The van der Waals surface area contributed by atoms with Crippen molar-refractivity contribution in [1.82, 2.24) is 0 Å². The highest BCUT2D eigenvalue weighted by molar-refractivity contribution is 9.10. The number of nitro benzene ring substituents is 1. The lowest BCUT2D eigenvalue weighted by Crippen LogP contribution is -2.03. The first-order valence-corrected chi connectivity index (χ1v) is 7.00. The molecule has 5 heteroatoms. The lowest BCUT2D eigenvalue weighted by Gasteiger charge is -2.09. The van der Waals surface area contributed by atoms with Gasteiger partial charge in [0.2, 0.25) is 0 Å². The van der Waals surface area contributed by atoms with Crippen molar-refractivity contribution in [2.75, 3.05) is 5.32 Å². The number of nitro groups is 1. The number of anilines is 1. The van der Waals surface area contributed by atoms with Crippen LogP contribution in [0.5, 0.6) is 0 Å². The van der Waals surface area contributed by atoms with Crippen LogP contribution in [0, 0.1) is 24.0 Å². The van der Waals surface area contributed by atoms with Crippen molar-refractivity contribution >= 4 is 27.3 Å². The maximum Gasteiger partial charge on any atom is 0.293 e. The Morgan fingerprint density at radius 3 is 2.40 bits per heavy atom. The van der Waals surface area contributed by atoms with Crippen molar-refractivity contribution in [3.05, 3.63) is 67.7 Å². The predicted molar refractivity (Wildman–Crippen MR) is 84.0 cm³/mol. The smallest absolute Gasteiger partial charge is 0.293 e. The Hall–Kier alpha value is -1.88. The number of nitrogens with one attached hydrogen (secondary N) is 1. The Labute approximate surface area is 126 Å². The van der Waals surface area contributed by atoms with Gasteiger partial charge in [0.05, 0.1) is 4.92 Å². The number of rotatable bonds is 4. The number of hydrogen-bond acceptors (Lipinski definition) is 3. The molecule has 0 aromatic heterocycles. The molecule has 2 aromatic rings. The topological polar surface area (TPSA) is 55.2 Å². The molecule has 0 amide bonds. The van der Waals surface area contributed by atoms with Crippen LogP contribution in [-0.2, 0) is 6.54 Å². The van der Waals surface area contributed by atoms with Crippen LogP contribution in [0.3, 0.4) is 0 Å². The van der Waals surface area contributed by atoms with Gasteiger partial charge < -0.3 is 5.32 Å². The Balaban J connectivity index is 2.20. The standard InChI is InChI=1S/C15H15BrN2O2/c1-10-5-11(2)7-12(6-10)9-17-14-4-3-13(16)8-15(14)18(19)20/h3-8,17H,9H2,1-2H3. The zero-order valence-electron chi connectivity index (χ0n) is 11.3. The predicted octanol–water partition coefficient (Wildman–Crippen LogP) is 4.59. The monoisotopic (exact) mass is 334 g/mol. The van der Waals surface area contributed by atoms with E-state index in [1.54, 1.807) is 12.1 Å². The normalized spacial score (nSPS) is 10.3. The molecule has 0 aliphatic carbocycles. The minimum atomic E-state index is -0.380. The molecule has 0 bridgehead atoms. The molecule has 20 heavy (non-hydrogen) atoms. The molecule has 0 saturated heterocycles. The molecule has 0 fully saturated rings. The first-order valence-electron chi connectivity index (χ1n) is 6.20. The summed E-state index contributed by atoms with van der Waals surface area (Å²) in [5.74, 6) is 0. The lowest BCUT2D eigenvalue weighted by atomic mass is 10.1. The minimum Gasteiger partial charge on any atom is -0.375 e.